The molecule has 0 radical (unpaired) electrons. The summed E-state index contributed by atoms with van der Waals surface area (Å²) in [5, 5.41) is 0. The molecule has 2 rings (SSSR count). The second-order valence-corrected chi connectivity index (χ2v) is 7.51. The van der Waals surface area contributed by atoms with Crippen LogP contribution in [0, 0.1) is 17.8 Å². The molecule has 0 N–H and O–H groups in total. The van der Waals surface area contributed by atoms with Crippen molar-refractivity contribution < 1.29 is 19.1 Å². The number of carbonyl (C=O) groups excluding carboxylic acids is 2. The average Bonchev–Trinajstić information content (AvgIpc) is 2.59. The summed E-state index contributed by atoms with van der Waals surface area (Å²) in [6.45, 7) is 6.59. The highest BCUT2D eigenvalue weighted by atomic mass is 16.5. The minimum absolute atomic E-state index is 0.00709. The fourth-order valence-corrected chi connectivity index (χ4v) is 3.61. The second kappa shape index (κ2) is 9.02. The molecule has 1 aromatic rings. The number of hydrogen-bond donors (Lipinski definition) is 0. The van der Waals surface area contributed by atoms with Crippen LogP contribution in [-0.2, 0) is 9.53 Å². The zero-order chi connectivity index (χ0) is 18.4. The van der Waals surface area contributed by atoms with E-state index in [1.807, 2.05) is 0 Å². The van der Waals surface area contributed by atoms with Crippen LogP contribution in [0.5, 0.6) is 5.75 Å². The quantitative estimate of drug-likeness (QED) is 0.532. The van der Waals surface area contributed by atoms with Crippen LogP contribution >= 0.6 is 0 Å². The molecule has 0 spiro atoms. The Hall–Kier alpha value is -1.84. The van der Waals surface area contributed by atoms with E-state index in [0.717, 1.165) is 12.8 Å². The predicted octanol–water partition coefficient (Wildman–Crippen LogP) is 4.66. The predicted molar refractivity (Wildman–Crippen MR) is 97.8 cm³/mol. The van der Waals surface area contributed by atoms with Crippen molar-refractivity contribution in [2.45, 2.75) is 59.0 Å². The highest BCUT2D eigenvalue weighted by Gasteiger charge is 2.33. The molecule has 4 heteroatoms. The Labute approximate surface area is 150 Å². The van der Waals surface area contributed by atoms with E-state index in [4.69, 9.17) is 9.47 Å². The summed E-state index contributed by atoms with van der Waals surface area (Å²) in [4.78, 5) is 24.4. The van der Waals surface area contributed by atoms with Gasteiger partial charge in [0.1, 0.15) is 11.9 Å². The van der Waals surface area contributed by atoms with Gasteiger partial charge in [0.15, 0.2) is 5.78 Å². The zero-order valence-corrected chi connectivity index (χ0v) is 15.8. The van der Waals surface area contributed by atoms with Gasteiger partial charge in [0.2, 0.25) is 0 Å². The van der Waals surface area contributed by atoms with Crippen molar-refractivity contribution in [2.75, 3.05) is 7.11 Å². The summed E-state index contributed by atoms with van der Waals surface area (Å²) in [5.41, 5.74) is 0.597. The fraction of sp³-hybridized carbons (Fsp3) is 0.619. The number of ether oxygens (including phenoxy) is 2. The monoisotopic (exact) mass is 346 g/mol. The molecule has 1 aliphatic carbocycles. The standard InChI is InChI=1S/C21H30O4/c1-14(2)18-10-5-15(3)13-20(18)25-21(23)12-11-19(22)16-6-8-17(24-4)9-7-16/h6-9,14-15,18,20H,5,10-13H2,1-4H3. The van der Waals surface area contributed by atoms with Crippen LogP contribution in [-0.4, -0.2) is 25.0 Å². The van der Waals surface area contributed by atoms with E-state index < -0.39 is 0 Å². The Morgan fingerprint density at radius 3 is 2.40 bits per heavy atom. The Kier molecular flexibility index (Phi) is 7.03. The Morgan fingerprint density at radius 2 is 1.80 bits per heavy atom. The summed E-state index contributed by atoms with van der Waals surface area (Å²) in [5.74, 6) is 1.93. The van der Waals surface area contributed by atoms with Crippen LogP contribution in [0.1, 0.15) is 63.2 Å². The van der Waals surface area contributed by atoms with Crippen LogP contribution in [0.4, 0.5) is 0 Å². The van der Waals surface area contributed by atoms with Gasteiger partial charge in [-0.3, -0.25) is 9.59 Å². The molecule has 0 aromatic heterocycles. The molecule has 0 saturated heterocycles. The van der Waals surface area contributed by atoms with E-state index in [9.17, 15) is 9.59 Å². The minimum Gasteiger partial charge on any atom is -0.497 e. The number of benzene rings is 1. The van der Waals surface area contributed by atoms with Gasteiger partial charge in [-0.2, -0.15) is 0 Å². The van der Waals surface area contributed by atoms with Gasteiger partial charge in [-0.25, -0.2) is 0 Å². The molecule has 1 aromatic carbocycles. The normalized spacial score (nSPS) is 23.3. The maximum absolute atomic E-state index is 12.2. The van der Waals surface area contributed by atoms with Gasteiger partial charge in [-0.15, -0.1) is 0 Å². The molecule has 3 unspecified atom stereocenters. The zero-order valence-electron chi connectivity index (χ0n) is 15.8. The van der Waals surface area contributed by atoms with E-state index in [1.54, 1.807) is 31.4 Å². The molecule has 0 bridgehead atoms. The van der Waals surface area contributed by atoms with Crippen molar-refractivity contribution in [2.24, 2.45) is 17.8 Å². The Balaban J connectivity index is 1.85. The van der Waals surface area contributed by atoms with Gasteiger partial charge in [-0.1, -0.05) is 27.2 Å². The van der Waals surface area contributed by atoms with Crippen molar-refractivity contribution >= 4 is 11.8 Å². The first kappa shape index (κ1) is 19.5. The molecule has 0 heterocycles. The van der Waals surface area contributed by atoms with Crippen molar-refractivity contribution in [3.8, 4) is 5.75 Å². The summed E-state index contributed by atoms with van der Waals surface area (Å²) in [6.07, 6.45) is 3.56. The first-order valence-electron chi connectivity index (χ1n) is 9.27. The third kappa shape index (κ3) is 5.58. The highest BCUT2D eigenvalue weighted by molar-refractivity contribution is 5.97. The number of Topliss-reactive ketones (excluding diaryl/α,β-unsaturated/α-hetero) is 1. The highest BCUT2D eigenvalue weighted by Crippen LogP contribution is 2.35. The third-order valence-corrected chi connectivity index (χ3v) is 5.21. The number of rotatable bonds is 7. The van der Waals surface area contributed by atoms with Gasteiger partial charge in [0, 0.05) is 12.0 Å². The first-order valence-corrected chi connectivity index (χ1v) is 9.27. The first-order chi connectivity index (χ1) is 11.9. The maximum Gasteiger partial charge on any atom is 0.306 e. The molecular weight excluding hydrogens is 316 g/mol. The summed E-state index contributed by atoms with van der Waals surface area (Å²) >= 11 is 0. The van der Waals surface area contributed by atoms with Crippen LogP contribution in [0.25, 0.3) is 0 Å². The molecule has 4 nitrogen and oxygen atoms in total. The number of hydrogen-bond acceptors (Lipinski definition) is 4. The molecule has 138 valence electrons. The Bertz CT molecular complexity index is 576. The summed E-state index contributed by atoms with van der Waals surface area (Å²) < 4.78 is 10.8. The van der Waals surface area contributed by atoms with Gasteiger partial charge < -0.3 is 9.47 Å². The molecule has 25 heavy (non-hydrogen) atoms. The Morgan fingerprint density at radius 1 is 1.12 bits per heavy atom. The van der Waals surface area contributed by atoms with E-state index >= 15 is 0 Å². The van der Waals surface area contributed by atoms with Crippen molar-refractivity contribution in [1.82, 2.24) is 0 Å². The molecule has 1 aliphatic rings. The molecule has 3 atom stereocenters. The number of methoxy groups -OCH3 is 1. The lowest BCUT2D eigenvalue weighted by Gasteiger charge is -2.36. The largest absolute Gasteiger partial charge is 0.497 e. The van der Waals surface area contributed by atoms with Crippen molar-refractivity contribution in [3.63, 3.8) is 0 Å². The van der Waals surface area contributed by atoms with Crippen molar-refractivity contribution in [3.05, 3.63) is 29.8 Å². The van der Waals surface area contributed by atoms with Crippen LogP contribution in [0.3, 0.4) is 0 Å². The van der Waals surface area contributed by atoms with Crippen LogP contribution in [0.15, 0.2) is 24.3 Å². The third-order valence-electron chi connectivity index (χ3n) is 5.21. The molecule has 0 aliphatic heterocycles. The lowest BCUT2D eigenvalue weighted by molar-refractivity contribution is -0.155. The molecule has 1 saturated carbocycles. The number of carbonyl (C=O) groups is 2. The van der Waals surface area contributed by atoms with Gasteiger partial charge in [-0.05, 0) is 54.9 Å². The van der Waals surface area contributed by atoms with Gasteiger partial charge in [0.05, 0.1) is 13.5 Å². The summed E-state index contributed by atoms with van der Waals surface area (Å²) in [7, 11) is 1.59. The van der Waals surface area contributed by atoms with Crippen molar-refractivity contribution in [1.29, 1.82) is 0 Å². The average molecular weight is 346 g/mol. The molecular formula is C21H30O4. The second-order valence-electron chi connectivity index (χ2n) is 7.51. The van der Waals surface area contributed by atoms with Gasteiger partial charge >= 0.3 is 5.97 Å². The maximum atomic E-state index is 12.2. The summed E-state index contributed by atoms with van der Waals surface area (Å²) in [6, 6.07) is 6.96. The lowest BCUT2D eigenvalue weighted by atomic mass is 9.75. The van der Waals surface area contributed by atoms with E-state index in [-0.39, 0.29) is 30.7 Å². The van der Waals surface area contributed by atoms with E-state index in [1.165, 1.54) is 6.42 Å². The topological polar surface area (TPSA) is 52.6 Å². The SMILES string of the molecule is COc1ccc(C(=O)CCC(=O)OC2CC(C)CCC2C(C)C)cc1. The minimum atomic E-state index is -0.258. The number of ketones is 1. The fourth-order valence-electron chi connectivity index (χ4n) is 3.61. The molecule has 0 amide bonds. The van der Waals surface area contributed by atoms with Gasteiger partial charge in [0.25, 0.3) is 0 Å². The lowest BCUT2D eigenvalue weighted by Crippen LogP contribution is -2.35. The van der Waals surface area contributed by atoms with E-state index in [0.29, 0.717) is 29.1 Å². The van der Waals surface area contributed by atoms with Crippen LogP contribution in [0.2, 0.25) is 0 Å². The number of esters is 1. The van der Waals surface area contributed by atoms with E-state index in [2.05, 4.69) is 20.8 Å². The van der Waals surface area contributed by atoms with Crippen LogP contribution < -0.4 is 4.74 Å². The molecule has 1 fully saturated rings. The smallest absolute Gasteiger partial charge is 0.306 e.